The summed E-state index contributed by atoms with van der Waals surface area (Å²) in [5.41, 5.74) is 4.03. The van der Waals surface area contributed by atoms with E-state index >= 15 is 0 Å². The predicted molar refractivity (Wildman–Crippen MR) is 114 cm³/mol. The average molecular weight is 388 g/mol. The Morgan fingerprint density at radius 1 is 1.14 bits per heavy atom. The lowest BCUT2D eigenvalue weighted by Gasteiger charge is -2.10. The van der Waals surface area contributed by atoms with Gasteiger partial charge in [0.2, 0.25) is 0 Å². The molecule has 0 unspecified atom stereocenters. The number of hydrogen-bond acceptors (Lipinski definition) is 4. The van der Waals surface area contributed by atoms with Gasteiger partial charge in [-0.25, -0.2) is 4.79 Å². The summed E-state index contributed by atoms with van der Waals surface area (Å²) in [6.45, 7) is 7.13. The zero-order valence-electron chi connectivity index (χ0n) is 16.9. The highest BCUT2D eigenvalue weighted by Crippen LogP contribution is 2.28. The third-order valence-corrected chi connectivity index (χ3v) is 4.79. The van der Waals surface area contributed by atoms with Gasteiger partial charge >= 0.3 is 5.97 Å². The first-order valence-corrected chi connectivity index (χ1v) is 9.61. The number of benzene rings is 2. The summed E-state index contributed by atoms with van der Waals surface area (Å²) in [5.74, 6) is 0.229. The van der Waals surface area contributed by atoms with Crippen LogP contribution in [0.3, 0.4) is 0 Å². The number of rotatable bonds is 7. The minimum atomic E-state index is -0.603. The monoisotopic (exact) mass is 388 g/mol. The second-order valence-electron chi connectivity index (χ2n) is 6.72. The number of nitrogens with zero attached hydrogens (tertiary/aromatic N) is 2. The van der Waals surface area contributed by atoms with Crippen LogP contribution < -0.4 is 4.74 Å². The number of esters is 1. The van der Waals surface area contributed by atoms with Gasteiger partial charge in [-0.3, -0.25) is 0 Å². The second-order valence-corrected chi connectivity index (χ2v) is 6.72. The Kier molecular flexibility index (Phi) is 6.36. The molecular weight excluding hydrogens is 364 g/mol. The molecule has 0 saturated heterocycles. The van der Waals surface area contributed by atoms with Crippen LogP contribution in [0.15, 0.2) is 54.1 Å². The molecule has 29 heavy (non-hydrogen) atoms. The van der Waals surface area contributed by atoms with Gasteiger partial charge in [0.1, 0.15) is 24.0 Å². The zero-order valence-corrected chi connectivity index (χ0v) is 16.9. The van der Waals surface area contributed by atoms with E-state index in [-0.39, 0.29) is 12.2 Å². The molecule has 0 aliphatic heterocycles. The molecule has 5 heteroatoms. The molecule has 0 aliphatic rings. The lowest BCUT2D eigenvalue weighted by molar-refractivity contribution is -0.137. The molecule has 0 atom stereocenters. The SMILES string of the molecule is CCOC(=O)/C(C#N)=C/c1c(C)n(CCOc2ccc(C)cc2)c2ccccc12. The maximum Gasteiger partial charge on any atom is 0.348 e. The van der Waals surface area contributed by atoms with E-state index in [0.29, 0.717) is 13.2 Å². The average Bonchev–Trinajstić information content (AvgIpc) is 2.99. The van der Waals surface area contributed by atoms with Gasteiger partial charge in [-0.15, -0.1) is 0 Å². The van der Waals surface area contributed by atoms with E-state index in [1.54, 1.807) is 13.0 Å². The number of fused-ring (bicyclic) bond motifs is 1. The summed E-state index contributed by atoms with van der Waals surface area (Å²) in [6, 6.07) is 17.9. The zero-order chi connectivity index (χ0) is 20.8. The molecule has 0 saturated carbocycles. The van der Waals surface area contributed by atoms with Crippen LogP contribution in [-0.4, -0.2) is 23.8 Å². The predicted octanol–water partition coefficient (Wildman–Crippen LogP) is 4.81. The van der Waals surface area contributed by atoms with E-state index in [2.05, 4.69) is 4.57 Å². The van der Waals surface area contributed by atoms with Crippen molar-refractivity contribution in [3.63, 3.8) is 0 Å². The van der Waals surface area contributed by atoms with Crippen molar-refractivity contribution in [2.24, 2.45) is 0 Å². The maximum absolute atomic E-state index is 12.0. The molecule has 3 aromatic rings. The summed E-state index contributed by atoms with van der Waals surface area (Å²) in [7, 11) is 0. The topological polar surface area (TPSA) is 64.2 Å². The van der Waals surface area contributed by atoms with E-state index in [4.69, 9.17) is 9.47 Å². The van der Waals surface area contributed by atoms with E-state index in [9.17, 15) is 10.1 Å². The van der Waals surface area contributed by atoms with Crippen LogP contribution in [0.4, 0.5) is 0 Å². The Labute approximate surface area is 170 Å². The Morgan fingerprint density at radius 3 is 2.55 bits per heavy atom. The van der Waals surface area contributed by atoms with Crippen molar-refractivity contribution in [1.29, 1.82) is 5.26 Å². The lowest BCUT2D eigenvalue weighted by atomic mass is 10.1. The van der Waals surface area contributed by atoms with Gasteiger partial charge in [-0.05, 0) is 45.0 Å². The van der Waals surface area contributed by atoms with Crippen LogP contribution >= 0.6 is 0 Å². The van der Waals surface area contributed by atoms with E-state index in [0.717, 1.165) is 27.9 Å². The van der Waals surface area contributed by atoms with Gasteiger partial charge in [0, 0.05) is 22.2 Å². The molecular formula is C24H24N2O3. The third-order valence-electron chi connectivity index (χ3n) is 4.79. The minimum Gasteiger partial charge on any atom is -0.492 e. The van der Waals surface area contributed by atoms with Crippen LogP contribution in [0, 0.1) is 25.2 Å². The number of carbonyl (C=O) groups excluding carboxylic acids is 1. The first kappa shape index (κ1) is 20.2. The standard InChI is InChI=1S/C24H24N2O3/c1-4-28-24(27)19(16-25)15-22-18(3)26(23-8-6-5-7-21(22)23)13-14-29-20-11-9-17(2)10-12-20/h5-12,15H,4,13-14H2,1-3H3/b19-15+. The van der Waals surface area contributed by atoms with Crippen molar-refractivity contribution < 1.29 is 14.3 Å². The third kappa shape index (κ3) is 4.49. The van der Waals surface area contributed by atoms with E-state index in [1.807, 2.05) is 68.4 Å². The molecule has 2 aromatic carbocycles. The first-order chi connectivity index (χ1) is 14.0. The molecule has 148 valence electrons. The molecule has 3 rings (SSSR count). The van der Waals surface area contributed by atoms with Crippen molar-refractivity contribution in [2.45, 2.75) is 27.3 Å². The number of aromatic nitrogens is 1. The Bertz CT molecular complexity index is 1090. The van der Waals surface area contributed by atoms with Crippen molar-refractivity contribution >= 4 is 22.9 Å². The van der Waals surface area contributed by atoms with Crippen LogP contribution in [-0.2, 0) is 16.1 Å². The number of aryl methyl sites for hydroxylation is 1. The summed E-state index contributed by atoms with van der Waals surface area (Å²) in [5, 5.41) is 10.4. The fourth-order valence-corrected chi connectivity index (χ4v) is 3.31. The molecule has 5 nitrogen and oxygen atoms in total. The molecule has 0 bridgehead atoms. The van der Waals surface area contributed by atoms with Crippen LogP contribution in [0.1, 0.15) is 23.7 Å². The lowest BCUT2D eigenvalue weighted by Crippen LogP contribution is -2.09. The van der Waals surface area contributed by atoms with Crippen LogP contribution in [0.5, 0.6) is 5.75 Å². The molecule has 0 fully saturated rings. The Balaban J connectivity index is 1.91. The summed E-state index contributed by atoms with van der Waals surface area (Å²) >= 11 is 0. The highest BCUT2D eigenvalue weighted by atomic mass is 16.5. The minimum absolute atomic E-state index is 0.00578. The van der Waals surface area contributed by atoms with E-state index < -0.39 is 5.97 Å². The number of para-hydroxylation sites is 1. The highest BCUT2D eigenvalue weighted by Gasteiger charge is 2.16. The van der Waals surface area contributed by atoms with Gasteiger partial charge in [0.25, 0.3) is 0 Å². The molecule has 0 aliphatic carbocycles. The molecule has 0 spiro atoms. The number of ether oxygens (including phenoxy) is 2. The van der Waals surface area contributed by atoms with Gasteiger partial charge < -0.3 is 14.0 Å². The highest BCUT2D eigenvalue weighted by molar-refractivity contribution is 6.01. The smallest absolute Gasteiger partial charge is 0.348 e. The second kappa shape index (κ2) is 9.11. The quantitative estimate of drug-likeness (QED) is 0.331. The van der Waals surface area contributed by atoms with Gasteiger partial charge in [-0.1, -0.05) is 35.9 Å². The van der Waals surface area contributed by atoms with Crippen molar-refractivity contribution in [3.05, 3.63) is 70.9 Å². The molecule has 0 radical (unpaired) electrons. The largest absolute Gasteiger partial charge is 0.492 e. The van der Waals surface area contributed by atoms with Crippen LogP contribution in [0.2, 0.25) is 0 Å². The van der Waals surface area contributed by atoms with Gasteiger partial charge in [0.05, 0.1) is 13.2 Å². The summed E-state index contributed by atoms with van der Waals surface area (Å²) < 4.78 is 13.0. The number of nitriles is 1. The number of hydrogen-bond donors (Lipinski definition) is 0. The normalized spacial score (nSPS) is 11.3. The maximum atomic E-state index is 12.0. The molecule has 1 heterocycles. The van der Waals surface area contributed by atoms with E-state index in [1.165, 1.54) is 5.56 Å². The fraction of sp³-hybridized carbons (Fsp3) is 0.250. The summed E-state index contributed by atoms with van der Waals surface area (Å²) in [6.07, 6.45) is 1.62. The van der Waals surface area contributed by atoms with Crippen molar-refractivity contribution in [2.75, 3.05) is 13.2 Å². The molecule has 0 amide bonds. The molecule has 0 N–H and O–H groups in total. The van der Waals surface area contributed by atoms with Gasteiger partial charge in [-0.2, -0.15) is 5.26 Å². The van der Waals surface area contributed by atoms with Gasteiger partial charge in [0.15, 0.2) is 0 Å². The molecule has 1 aromatic heterocycles. The summed E-state index contributed by atoms with van der Waals surface area (Å²) in [4.78, 5) is 12.0. The van der Waals surface area contributed by atoms with Crippen LogP contribution in [0.25, 0.3) is 17.0 Å². The Morgan fingerprint density at radius 2 is 1.86 bits per heavy atom. The van der Waals surface area contributed by atoms with Crippen molar-refractivity contribution in [1.82, 2.24) is 4.57 Å². The van der Waals surface area contributed by atoms with Crippen molar-refractivity contribution in [3.8, 4) is 11.8 Å². The Hall–Kier alpha value is -3.52. The fourth-order valence-electron chi connectivity index (χ4n) is 3.31. The first-order valence-electron chi connectivity index (χ1n) is 9.61. The number of carbonyl (C=O) groups is 1.